The quantitative estimate of drug-likeness (QED) is 0.701. The molecule has 2 atom stereocenters. The van der Waals surface area contributed by atoms with Crippen molar-refractivity contribution in [3.05, 3.63) is 60.7 Å². The fraction of sp³-hybridized carbons (Fsp3) is 0.273. The maximum absolute atomic E-state index is 13.1. The Hall–Kier alpha value is -2.99. The van der Waals surface area contributed by atoms with Gasteiger partial charge in [-0.3, -0.25) is 9.78 Å². The highest BCUT2D eigenvalue weighted by atomic mass is 19.1. The average molecular weight is 379 g/mol. The van der Waals surface area contributed by atoms with E-state index in [0.29, 0.717) is 23.2 Å². The van der Waals surface area contributed by atoms with E-state index in [1.165, 1.54) is 12.1 Å². The highest BCUT2D eigenvalue weighted by molar-refractivity contribution is 6.04. The highest BCUT2D eigenvalue weighted by Crippen LogP contribution is 2.34. The summed E-state index contributed by atoms with van der Waals surface area (Å²) in [7, 11) is 0. The molecule has 4 rings (SSSR count). The van der Waals surface area contributed by atoms with Crippen LogP contribution in [-0.2, 0) is 4.79 Å². The highest BCUT2D eigenvalue weighted by Gasteiger charge is 2.25. The van der Waals surface area contributed by atoms with E-state index >= 15 is 0 Å². The fourth-order valence-electron chi connectivity index (χ4n) is 3.59. The van der Waals surface area contributed by atoms with Gasteiger partial charge in [0.15, 0.2) is 0 Å². The van der Waals surface area contributed by atoms with Crippen molar-refractivity contribution in [1.29, 1.82) is 0 Å². The molecular formula is C22H22FN3O2. The Morgan fingerprint density at radius 3 is 2.79 bits per heavy atom. The summed E-state index contributed by atoms with van der Waals surface area (Å²) in [5.74, 6) is 0.882. The maximum Gasteiger partial charge on any atom is 0.227 e. The Balaban J connectivity index is 1.60. The third-order valence-electron chi connectivity index (χ3n) is 5.07. The van der Waals surface area contributed by atoms with E-state index in [2.05, 4.69) is 22.5 Å². The maximum atomic E-state index is 13.1. The van der Waals surface area contributed by atoms with Crippen molar-refractivity contribution in [2.45, 2.75) is 25.8 Å². The van der Waals surface area contributed by atoms with Gasteiger partial charge in [-0.05, 0) is 68.8 Å². The van der Waals surface area contributed by atoms with Crippen molar-refractivity contribution in [3.63, 3.8) is 0 Å². The first kappa shape index (κ1) is 18.4. The molecule has 0 bridgehead atoms. The number of carbonyl (C=O) groups excluding carboxylic acids is 1. The molecule has 1 amide bonds. The smallest absolute Gasteiger partial charge is 0.227 e. The van der Waals surface area contributed by atoms with Gasteiger partial charge < -0.3 is 15.4 Å². The van der Waals surface area contributed by atoms with Crippen LogP contribution in [0.25, 0.3) is 10.8 Å². The molecule has 2 aromatic carbocycles. The van der Waals surface area contributed by atoms with E-state index in [1.54, 1.807) is 24.5 Å². The molecule has 144 valence electrons. The number of rotatable bonds is 4. The summed E-state index contributed by atoms with van der Waals surface area (Å²) in [4.78, 5) is 16.9. The van der Waals surface area contributed by atoms with Crippen LogP contribution in [-0.4, -0.2) is 23.5 Å². The number of aromatic nitrogens is 1. The summed E-state index contributed by atoms with van der Waals surface area (Å²) in [6.07, 6.45) is 5.05. The molecule has 2 N–H and O–H groups in total. The normalized spacial score (nSPS) is 19.4. The summed E-state index contributed by atoms with van der Waals surface area (Å²) in [6, 6.07) is 11.7. The van der Waals surface area contributed by atoms with E-state index < -0.39 is 0 Å². The molecule has 1 saturated heterocycles. The first-order valence-electron chi connectivity index (χ1n) is 9.44. The number of hydrogen-bond acceptors (Lipinski definition) is 4. The minimum atomic E-state index is -0.313. The molecule has 0 saturated carbocycles. The lowest BCUT2D eigenvalue weighted by atomic mass is 9.92. The summed E-state index contributed by atoms with van der Waals surface area (Å²) in [6.45, 7) is 2.95. The van der Waals surface area contributed by atoms with Gasteiger partial charge in [-0.25, -0.2) is 4.39 Å². The molecule has 6 heteroatoms. The number of halogens is 1. The molecule has 5 nitrogen and oxygen atoms in total. The van der Waals surface area contributed by atoms with Crippen molar-refractivity contribution < 1.29 is 13.9 Å². The SMILES string of the molecule is C[C@H]1C[C@@H](C(=O)Nc2ccc(Oc3ccc(F)cc3)c3ccncc23)CCN1. The number of piperidine rings is 1. The number of amides is 1. The minimum Gasteiger partial charge on any atom is -0.457 e. The lowest BCUT2D eigenvalue weighted by Gasteiger charge is -2.27. The zero-order chi connectivity index (χ0) is 19.5. The molecule has 1 fully saturated rings. The van der Waals surface area contributed by atoms with Crippen molar-refractivity contribution in [2.75, 3.05) is 11.9 Å². The zero-order valence-corrected chi connectivity index (χ0v) is 15.6. The second-order valence-corrected chi connectivity index (χ2v) is 7.15. The van der Waals surface area contributed by atoms with Crippen LogP contribution >= 0.6 is 0 Å². The molecule has 0 spiro atoms. The first-order valence-corrected chi connectivity index (χ1v) is 9.44. The summed E-state index contributed by atoms with van der Waals surface area (Å²) in [5.41, 5.74) is 0.714. The molecule has 0 radical (unpaired) electrons. The van der Waals surface area contributed by atoms with Crippen LogP contribution in [0.3, 0.4) is 0 Å². The summed E-state index contributed by atoms with van der Waals surface area (Å²) < 4.78 is 19.0. The topological polar surface area (TPSA) is 63.2 Å². The molecule has 1 aromatic heterocycles. The number of carbonyl (C=O) groups is 1. The van der Waals surface area contributed by atoms with Crippen molar-refractivity contribution >= 4 is 22.4 Å². The predicted octanol–water partition coefficient (Wildman–Crippen LogP) is 4.49. The molecule has 28 heavy (non-hydrogen) atoms. The van der Waals surface area contributed by atoms with Crippen LogP contribution in [0.4, 0.5) is 10.1 Å². The monoisotopic (exact) mass is 379 g/mol. The van der Waals surface area contributed by atoms with Gasteiger partial charge in [-0.1, -0.05) is 0 Å². The summed E-state index contributed by atoms with van der Waals surface area (Å²) in [5, 5.41) is 8.06. The molecule has 3 aromatic rings. The van der Waals surface area contributed by atoms with Crippen LogP contribution in [0.5, 0.6) is 11.5 Å². The number of ether oxygens (including phenoxy) is 1. The standard InChI is InChI=1S/C22H22FN3O2/c1-14-12-15(8-11-25-14)22(27)26-20-6-7-21(18-9-10-24-13-19(18)20)28-17-4-2-16(23)3-5-17/h2-7,9-10,13-15,25H,8,11-12H2,1H3,(H,26,27)/t14-,15-/m0/s1. The second-order valence-electron chi connectivity index (χ2n) is 7.15. The predicted molar refractivity (Wildman–Crippen MR) is 107 cm³/mol. The van der Waals surface area contributed by atoms with E-state index in [0.717, 1.165) is 30.2 Å². The van der Waals surface area contributed by atoms with Crippen molar-refractivity contribution in [2.24, 2.45) is 5.92 Å². The molecular weight excluding hydrogens is 357 g/mol. The van der Waals surface area contributed by atoms with Crippen LogP contribution in [0.2, 0.25) is 0 Å². The minimum absolute atomic E-state index is 0.00175. The Morgan fingerprint density at radius 1 is 1.18 bits per heavy atom. The molecule has 1 aliphatic rings. The summed E-state index contributed by atoms with van der Waals surface area (Å²) >= 11 is 0. The van der Waals surface area contributed by atoms with E-state index in [9.17, 15) is 9.18 Å². The molecule has 0 unspecified atom stereocenters. The van der Waals surface area contributed by atoms with Gasteiger partial charge in [0, 0.05) is 35.1 Å². The zero-order valence-electron chi connectivity index (χ0n) is 15.6. The van der Waals surface area contributed by atoms with Gasteiger partial charge in [0.2, 0.25) is 5.91 Å². The first-order chi connectivity index (χ1) is 13.6. The van der Waals surface area contributed by atoms with Crippen LogP contribution in [0, 0.1) is 11.7 Å². The number of fused-ring (bicyclic) bond motifs is 1. The average Bonchev–Trinajstić information content (AvgIpc) is 2.71. The third-order valence-corrected chi connectivity index (χ3v) is 5.07. The van der Waals surface area contributed by atoms with Crippen molar-refractivity contribution in [3.8, 4) is 11.5 Å². The fourth-order valence-corrected chi connectivity index (χ4v) is 3.59. The Labute approximate surface area is 162 Å². The largest absolute Gasteiger partial charge is 0.457 e. The lowest BCUT2D eigenvalue weighted by molar-refractivity contribution is -0.120. The Kier molecular flexibility index (Phi) is 5.21. The number of nitrogens with zero attached hydrogens (tertiary/aromatic N) is 1. The van der Waals surface area contributed by atoms with E-state index in [-0.39, 0.29) is 17.6 Å². The van der Waals surface area contributed by atoms with Gasteiger partial charge in [0.1, 0.15) is 17.3 Å². The van der Waals surface area contributed by atoms with Gasteiger partial charge in [-0.2, -0.15) is 0 Å². The third kappa shape index (κ3) is 3.97. The number of anilines is 1. The van der Waals surface area contributed by atoms with E-state index in [1.807, 2.05) is 18.2 Å². The number of hydrogen-bond donors (Lipinski definition) is 2. The number of nitrogens with one attached hydrogen (secondary N) is 2. The number of benzene rings is 2. The number of pyridine rings is 1. The van der Waals surface area contributed by atoms with Crippen molar-refractivity contribution in [1.82, 2.24) is 10.3 Å². The molecule has 1 aliphatic heterocycles. The van der Waals surface area contributed by atoms with Gasteiger partial charge >= 0.3 is 0 Å². The van der Waals surface area contributed by atoms with Crippen LogP contribution < -0.4 is 15.4 Å². The molecule has 2 heterocycles. The van der Waals surface area contributed by atoms with Gasteiger partial charge in [0.25, 0.3) is 0 Å². The van der Waals surface area contributed by atoms with Crippen LogP contribution in [0.15, 0.2) is 54.9 Å². The van der Waals surface area contributed by atoms with Gasteiger partial charge in [-0.15, -0.1) is 0 Å². The Morgan fingerprint density at radius 2 is 2.00 bits per heavy atom. The van der Waals surface area contributed by atoms with Gasteiger partial charge in [0.05, 0.1) is 5.69 Å². The van der Waals surface area contributed by atoms with E-state index in [4.69, 9.17) is 4.74 Å². The Bertz CT molecular complexity index is 991. The lowest BCUT2D eigenvalue weighted by Crippen LogP contribution is -2.40. The molecule has 0 aliphatic carbocycles. The second kappa shape index (κ2) is 7.94. The van der Waals surface area contributed by atoms with Crippen LogP contribution in [0.1, 0.15) is 19.8 Å².